The summed E-state index contributed by atoms with van der Waals surface area (Å²) in [7, 11) is 0. The average molecular weight is 374 g/mol. The maximum Gasteiger partial charge on any atom is 0.416 e. The Kier molecular flexibility index (Phi) is 5.38. The Labute approximate surface area is 154 Å². The van der Waals surface area contributed by atoms with E-state index < -0.39 is 11.7 Å². The van der Waals surface area contributed by atoms with Crippen LogP contribution in [0.2, 0.25) is 0 Å². The standard InChI is InChI=1S/C20H17F3N2O2/c1-3-9-25(12-17-8-5-10-26-17)13-18-14(2)27-19(24-18)15-6-4-7-16(11-15)20(21,22)23/h1,4-8,10-11H,9,12-13H2,2H3. The summed E-state index contributed by atoms with van der Waals surface area (Å²) in [6.07, 6.45) is 2.59. The molecule has 0 fully saturated rings. The van der Waals surface area contributed by atoms with Crippen molar-refractivity contribution < 1.29 is 22.0 Å². The normalized spacial score (nSPS) is 11.7. The van der Waals surface area contributed by atoms with Gasteiger partial charge in [0.1, 0.15) is 11.5 Å². The van der Waals surface area contributed by atoms with Gasteiger partial charge in [0.05, 0.1) is 30.6 Å². The molecule has 0 spiro atoms. The molecule has 0 saturated carbocycles. The van der Waals surface area contributed by atoms with E-state index >= 15 is 0 Å². The van der Waals surface area contributed by atoms with Crippen molar-refractivity contribution in [3.8, 4) is 23.8 Å². The lowest BCUT2D eigenvalue weighted by molar-refractivity contribution is -0.137. The minimum Gasteiger partial charge on any atom is -0.468 e. The number of nitrogens with zero attached hydrogens (tertiary/aromatic N) is 2. The van der Waals surface area contributed by atoms with Crippen LogP contribution in [0.25, 0.3) is 11.5 Å². The number of alkyl halides is 3. The number of aryl methyl sites for hydroxylation is 1. The third-order valence-electron chi connectivity index (χ3n) is 3.98. The molecule has 2 aromatic heterocycles. The van der Waals surface area contributed by atoms with Crippen molar-refractivity contribution in [1.29, 1.82) is 0 Å². The van der Waals surface area contributed by atoms with Gasteiger partial charge in [-0.25, -0.2) is 4.98 Å². The molecule has 140 valence electrons. The summed E-state index contributed by atoms with van der Waals surface area (Å²) in [5.74, 6) is 4.01. The van der Waals surface area contributed by atoms with E-state index in [-0.39, 0.29) is 11.5 Å². The largest absolute Gasteiger partial charge is 0.468 e. The van der Waals surface area contributed by atoms with Gasteiger partial charge in [-0.3, -0.25) is 4.90 Å². The highest BCUT2D eigenvalue weighted by Crippen LogP contribution is 2.32. The molecule has 1 aromatic carbocycles. The molecule has 0 aliphatic carbocycles. The molecule has 0 atom stereocenters. The fourth-order valence-electron chi connectivity index (χ4n) is 2.66. The molecule has 0 saturated heterocycles. The molecule has 0 amide bonds. The number of rotatable bonds is 6. The third kappa shape index (κ3) is 4.60. The quantitative estimate of drug-likeness (QED) is 0.576. The lowest BCUT2D eigenvalue weighted by Crippen LogP contribution is -2.23. The molecule has 0 bridgehead atoms. The molecule has 27 heavy (non-hydrogen) atoms. The number of halogens is 3. The number of aromatic nitrogens is 1. The van der Waals surface area contributed by atoms with E-state index in [0.29, 0.717) is 31.1 Å². The Hall–Kier alpha value is -2.98. The first-order valence-electron chi connectivity index (χ1n) is 8.19. The molecule has 4 nitrogen and oxygen atoms in total. The fourth-order valence-corrected chi connectivity index (χ4v) is 2.66. The second-order valence-electron chi connectivity index (χ2n) is 6.03. The molecule has 7 heteroatoms. The summed E-state index contributed by atoms with van der Waals surface area (Å²) in [4.78, 5) is 6.31. The molecule has 0 aliphatic rings. The van der Waals surface area contributed by atoms with E-state index in [4.69, 9.17) is 15.3 Å². The summed E-state index contributed by atoms with van der Waals surface area (Å²) >= 11 is 0. The minimum absolute atomic E-state index is 0.146. The minimum atomic E-state index is -4.42. The number of furan rings is 1. The first kappa shape index (κ1) is 18.8. The van der Waals surface area contributed by atoms with Crippen LogP contribution < -0.4 is 0 Å². The van der Waals surface area contributed by atoms with Crippen LogP contribution >= 0.6 is 0 Å². The van der Waals surface area contributed by atoms with Crippen LogP contribution in [0.15, 0.2) is 51.5 Å². The molecule has 0 radical (unpaired) electrons. The lowest BCUT2D eigenvalue weighted by Gasteiger charge is -2.17. The Morgan fingerprint density at radius 1 is 1.19 bits per heavy atom. The van der Waals surface area contributed by atoms with Crippen LogP contribution in [-0.2, 0) is 19.3 Å². The number of terminal acetylenes is 1. The number of oxazole rings is 1. The number of benzene rings is 1. The van der Waals surface area contributed by atoms with Crippen molar-refractivity contribution in [2.45, 2.75) is 26.2 Å². The number of hydrogen-bond donors (Lipinski definition) is 0. The molecule has 3 rings (SSSR count). The van der Waals surface area contributed by atoms with Crippen molar-refractivity contribution in [3.05, 3.63) is 65.4 Å². The van der Waals surface area contributed by atoms with Gasteiger partial charge in [0, 0.05) is 12.1 Å². The highest BCUT2D eigenvalue weighted by Gasteiger charge is 2.31. The fraction of sp³-hybridized carbons (Fsp3) is 0.250. The van der Waals surface area contributed by atoms with E-state index in [1.54, 1.807) is 19.3 Å². The van der Waals surface area contributed by atoms with Gasteiger partial charge in [0.2, 0.25) is 5.89 Å². The summed E-state index contributed by atoms with van der Waals surface area (Å²) in [5.41, 5.74) is 0.141. The average Bonchev–Trinajstić information content (AvgIpc) is 3.25. The van der Waals surface area contributed by atoms with Crippen LogP contribution in [0.3, 0.4) is 0 Å². The molecule has 3 aromatic rings. The van der Waals surface area contributed by atoms with Crippen LogP contribution in [-0.4, -0.2) is 16.4 Å². The van der Waals surface area contributed by atoms with Gasteiger partial charge in [-0.2, -0.15) is 13.2 Å². The van der Waals surface area contributed by atoms with Gasteiger partial charge in [-0.15, -0.1) is 6.42 Å². The highest BCUT2D eigenvalue weighted by atomic mass is 19.4. The van der Waals surface area contributed by atoms with Crippen molar-refractivity contribution >= 4 is 0 Å². The Morgan fingerprint density at radius 2 is 2.00 bits per heavy atom. The van der Waals surface area contributed by atoms with Gasteiger partial charge in [-0.1, -0.05) is 12.0 Å². The zero-order valence-corrected chi connectivity index (χ0v) is 14.6. The molecule has 0 unspecified atom stereocenters. The van der Waals surface area contributed by atoms with Gasteiger partial charge < -0.3 is 8.83 Å². The smallest absolute Gasteiger partial charge is 0.416 e. The monoisotopic (exact) mass is 374 g/mol. The van der Waals surface area contributed by atoms with E-state index in [9.17, 15) is 13.2 Å². The molecule has 0 aliphatic heterocycles. The second-order valence-corrected chi connectivity index (χ2v) is 6.03. The zero-order chi connectivity index (χ0) is 19.4. The van der Waals surface area contributed by atoms with Crippen molar-refractivity contribution in [2.75, 3.05) is 6.54 Å². The summed E-state index contributed by atoms with van der Waals surface area (Å²) in [6.45, 7) is 2.97. The van der Waals surface area contributed by atoms with Crippen molar-refractivity contribution in [1.82, 2.24) is 9.88 Å². The Morgan fingerprint density at radius 3 is 2.67 bits per heavy atom. The predicted octanol–water partition coefficient (Wildman–Crippen LogP) is 4.90. The molecular weight excluding hydrogens is 357 g/mol. The summed E-state index contributed by atoms with van der Waals surface area (Å²) < 4.78 is 49.7. The van der Waals surface area contributed by atoms with Gasteiger partial charge in [-0.05, 0) is 37.3 Å². The highest BCUT2D eigenvalue weighted by molar-refractivity contribution is 5.55. The third-order valence-corrected chi connectivity index (χ3v) is 3.98. The lowest BCUT2D eigenvalue weighted by atomic mass is 10.1. The SMILES string of the molecule is C#CCN(Cc1ccco1)Cc1nc(-c2cccc(C(F)(F)F)c2)oc1C. The van der Waals surface area contributed by atoms with Crippen molar-refractivity contribution in [3.63, 3.8) is 0 Å². The molecule has 0 N–H and O–H groups in total. The van der Waals surface area contributed by atoms with E-state index in [2.05, 4.69) is 10.9 Å². The predicted molar refractivity (Wildman–Crippen MR) is 93.3 cm³/mol. The van der Waals surface area contributed by atoms with E-state index in [0.717, 1.165) is 17.9 Å². The van der Waals surface area contributed by atoms with E-state index in [1.165, 1.54) is 12.1 Å². The van der Waals surface area contributed by atoms with Crippen LogP contribution in [0.5, 0.6) is 0 Å². The first-order chi connectivity index (χ1) is 12.9. The van der Waals surface area contributed by atoms with Gasteiger partial charge >= 0.3 is 6.18 Å². The Balaban J connectivity index is 1.82. The molecule has 2 heterocycles. The summed E-state index contributed by atoms with van der Waals surface area (Å²) in [5, 5.41) is 0. The topological polar surface area (TPSA) is 42.4 Å². The van der Waals surface area contributed by atoms with E-state index in [1.807, 2.05) is 11.0 Å². The van der Waals surface area contributed by atoms with Crippen LogP contribution in [0.1, 0.15) is 22.8 Å². The van der Waals surface area contributed by atoms with Gasteiger partial charge in [0.25, 0.3) is 0 Å². The first-order valence-corrected chi connectivity index (χ1v) is 8.19. The number of hydrogen-bond acceptors (Lipinski definition) is 4. The Bertz CT molecular complexity index is 937. The maximum atomic E-state index is 12.9. The maximum absolute atomic E-state index is 12.9. The zero-order valence-electron chi connectivity index (χ0n) is 14.6. The van der Waals surface area contributed by atoms with Crippen molar-refractivity contribution in [2.24, 2.45) is 0 Å². The molecular formula is C20H17F3N2O2. The van der Waals surface area contributed by atoms with Gasteiger partial charge in [0.15, 0.2) is 0 Å². The summed E-state index contributed by atoms with van der Waals surface area (Å²) in [6, 6.07) is 8.53. The van der Waals surface area contributed by atoms with Crippen LogP contribution in [0, 0.1) is 19.3 Å². The second kappa shape index (κ2) is 7.72. The van der Waals surface area contributed by atoms with Crippen LogP contribution in [0.4, 0.5) is 13.2 Å².